The number of ketones is 5. The van der Waals surface area contributed by atoms with E-state index in [1.54, 1.807) is 80.1 Å². The molecule has 140 heavy (non-hydrogen) atoms. The van der Waals surface area contributed by atoms with Gasteiger partial charge < -0.3 is 69.7 Å². The number of aromatic nitrogens is 2. The average Bonchev–Trinajstić information content (AvgIpc) is 1.05. The molecule has 15 rings (SSSR count). The Balaban J connectivity index is 0.000000801. The van der Waals surface area contributed by atoms with Crippen molar-refractivity contribution >= 4 is 109 Å². The number of fused-ring (bicyclic) bond motifs is 5. The summed E-state index contributed by atoms with van der Waals surface area (Å²) in [5.41, 5.74) is 14.2. The normalized spacial score (nSPS) is 12.7. The smallest absolute Gasteiger partial charge is 0.416 e. The molecule has 5 radical (unpaired) electrons. The Hall–Kier alpha value is -12.6. The number of hydrogen-bond donors (Lipinski definition) is 5. The molecule has 5 heterocycles. The number of aliphatic imine (C=N–C) groups is 4. The second-order valence-electron chi connectivity index (χ2n) is 30.0. The van der Waals surface area contributed by atoms with Gasteiger partial charge in [-0.25, -0.2) is 9.78 Å². The van der Waals surface area contributed by atoms with Gasteiger partial charge in [-0.2, -0.15) is 13.2 Å². The van der Waals surface area contributed by atoms with Crippen LogP contribution in [0.25, 0.3) is 22.2 Å². The summed E-state index contributed by atoms with van der Waals surface area (Å²) in [7, 11) is 10.1. The Labute approximate surface area is 885 Å². The van der Waals surface area contributed by atoms with Crippen molar-refractivity contribution in [3.63, 3.8) is 0 Å². The van der Waals surface area contributed by atoms with Crippen LogP contribution in [0.15, 0.2) is 302 Å². The molecule has 4 aliphatic heterocycles. The van der Waals surface area contributed by atoms with Crippen molar-refractivity contribution in [1.29, 1.82) is 0 Å². The maximum Gasteiger partial charge on any atom is 0.416 e. The van der Waals surface area contributed by atoms with Crippen molar-refractivity contribution in [1.82, 2.24) is 9.55 Å². The molecular formula is C106H109ClF3Ir5N9O16. The predicted octanol–water partition coefficient (Wildman–Crippen LogP) is 18.9. The first-order valence-electron chi connectivity index (χ1n) is 41.7. The van der Waals surface area contributed by atoms with E-state index >= 15 is 0 Å². The number of aryl methyl sites for hydroxylation is 1. The van der Waals surface area contributed by atoms with Gasteiger partial charge >= 0.3 is 40.8 Å². The van der Waals surface area contributed by atoms with E-state index < -0.39 is 11.7 Å². The van der Waals surface area contributed by atoms with Crippen LogP contribution in [-0.2, 0) is 135 Å². The zero-order valence-corrected chi connectivity index (χ0v) is 92.1. The molecule has 4 aliphatic rings. The topological polar surface area (TPSA) is 372 Å². The van der Waals surface area contributed by atoms with Crippen LogP contribution in [0.5, 0.6) is 11.5 Å². The van der Waals surface area contributed by atoms with Crippen molar-refractivity contribution < 1.29 is 187 Å². The minimum atomic E-state index is -4.46. The van der Waals surface area contributed by atoms with Crippen LogP contribution in [-0.4, -0.2) is 190 Å². The number of aliphatic hydroxyl groups is 5. The number of anilines is 3. The Morgan fingerprint density at radius 2 is 0.743 bits per heavy atom. The van der Waals surface area contributed by atoms with E-state index in [4.69, 9.17) is 70.6 Å². The summed E-state index contributed by atoms with van der Waals surface area (Å²) < 4.78 is 51.1. The Bertz CT molecular complexity index is 6220. The Morgan fingerprint density at radius 3 is 1.11 bits per heavy atom. The first kappa shape index (κ1) is 125. The first-order valence-corrected chi connectivity index (χ1v) is 42.1. The maximum absolute atomic E-state index is 13.0. The van der Waals surface area contributed by atoms with Gasteiger partial charge in [0.25, 0.3) is 0 Å². The molecule has 11 aromatic rings. The van der Waals surface area contributed by atoms with E-state index in [2.05, 4.69) is 79.6 Å². The number of alkyl halides is 3. The fourth-order valence-electron chi connectivity index (χ4n) is 12.9. The second kappa shape index (κ2) is 63.2. The fraction of sp³-hybridized carbons (Fsp3) is 0.208. The number of hydrogen-bond acceptors (Lipinski definition) is 16. The zero-order chi connectivity index (χ0) is 99.8. The van der Waals surface area contributed by atoms with Gasteiger partial charge in [0.1, 0.15) is 25.4 Å². The van der Waals surface area contributed by atoms with E-state index in [1.807, 2.05) is 146 Å². The number of aliphatic hydroxyl groups excluding tert-OH is 5. The molecule has 0 atom stereocenters. The summed E-state index contributed by atoms with van der Waals surface area (Å²) in [5.74, 6) is 2.45. The number of allylic oxidation sites excluding steroid dienone is 10. The first-order chi connectivity index (χ1) is 64.0. The van der Waals surface area contributed by atoms with Crippen LogP contribution in [0.2, 0.25) is 5.02 Å². The number of carbonyl (C=O) groups is 3. The number of benzene rings is 10. The molecule has 0 unspecified atom stereocenters. The van der Waals surface area contributed by atoms with Crippen LogP contribution in [0, 0.1) is 30.3 Å². The molecule has 0 saturated heterocycles. The molecule has 25 nitrogen and oxygen atoms in total. The van der Waals surface area contributed by atoms with Gasteiger partial charge in [-0.1, -0.05) is 54.1 Å². The van der Waals surface area contributed by atoms with Gasteiger partial charge in [-0.3, -0.25) is 42.9 Å². The molecule has 0 bridgehead atoms. The Morgan fingerprint density at radius 1 is 0.400 bits per heavy atom. The quantitative estimate of drug-likeness (QED) is 0.0330. The van der Waals surface area contributed by atoms with E-state index in [0.717, 1.165) is 109 Å². The number of halogens is 4. The summed E-state index contributed by atoms with van der Waals surface area (Å²) in [6.07, 6.45) is 2.95. The summed E-state index contributed by atoms with van der Waals surface area (Å²) in [6, 6.07) is 81.7. The number of carbonyl (C=O) groups excluding carboxylic acids is 8. The minimum absolute atomic E-state index is 0. The van der Waals surface area contributed by atoms with E-state index in [1.165, 1.54) is 129 Å². The van der Waals surface area contributed by atoms with Gasteiger partial charge in [0.05, 0.1) is 114 Å². The third-order valence-corrected chi connectivity index (χ3v) is 19.0. The van der Waals surface area contributed by atoms with E-state index in [0.29, 0.717) is 27.7 Å². The van der Waals surface area contributed by atoms with Gasteiger partial charge in [0, 0.05) is 174 Å². The van der Waals surface area contributed by atoms with Crippen molar-refractivity contribution in [2.24, 2.45) is 27.0 Å². The van der Waals surface area contributed by atoms with Gasteiger partial charge in [0.15, 0.2) is 0 Å². The predicted molar refractivity (Wildman–Crippen MR) is 532 cm³/mol. The molecular weight excluding hydrogens is 2710 g/mol. The summed E-state index contributed by atoms with van der Waals surface area (Å²) in [4.78, 5) is 117. The standard InChI is InChI=1S/C17H12F3N2O.C17H15N2O2.C16H12ClN2O.C16H14NO.C15H11N2O.5C5H8O2.5Ir/c1-22-14-8-7-12(17(18,19)20)9-13(14)16(21-10-15(22)23)11-5-3-2-4-6-11;1-19-15-9-8-13(21-2)10-14(15)17(18-11-16(19)20)12-6-4-3-5-7-12;1-19-14-8-7-12(17)9-13(14)16(18-10-15(19)20)11-5-3-2-4-6-11;1-18-14-8-6-13(7-9-14)16-15-5-3-2-4-12(15)10-11-17-16;1-17-13-10-6-5-9-12(13)14(16-15(17)18)11-7-3-2-4-8-11;5*1-4(6)3-5(2)7;;;;;/h2-5,7-9H,10H2,1H3;3-6,8-10H,11H2,1-2H3;2-5,7-9H,10H2,1H3;2-6,8-9H,10-11H2,1H3;2-7,9-10H,1H3;5*3,6H,1-2H3;;;;;/q5*-1;;;;;;;;;;/p+5. The Kier molecular flexibility index (Phi) is 56.6. The average molecular weight is 2820 g/mol. The molecule has 0 spiro atoms. The van der Waals surface area contributed by atoms with Crippen molar-refractivity contribution in [2.75, 3.05) is 76.2 Å². The number of likely N-dealkylation sites (N-methyl/N-ethyl adjacent to an activating group) is 3. The number of methoxy groups -OCH3 is 2. The van der Waals surface area contributed by atoms with E-state index in [-0.39, 0.29) is 207 Å². The number of nitrogens with zero attached hydrogens (tertiary/aromatic N) is 9. The van der Waals surface area contributed by atoms with Gasteiger partial charge in [-0.05, 0) is 158 Å². The monoisotopic (exact) mass is 2820 g/mol. The van der Waals surface area contributed by atoms with Crippen LogP contribution in [0.4, 0.5) is 30.2 Å². The minimum Gasteiger partial charge on any atom is -0.540 e. The summed E-state index contributed by atoms with van der Waals surface area (Å²) >= 11 is 6.10. The number of benzodiazepines with no additional fused rings is 3. The number of para-hydroxylation sites is 1. The van der Waals surface area contributed by atoms with Gasteiger partial charge in [-0.15, -0.1) is 173 Å². The fourth-order valence-corrected chi connectivity index (χ4v) is 13.0. The molecule has 0 fully saturated rings. The zero-order valence-electron chi connectivity index (χ0n) is 79.3. The SMILES string of the molecule is CC(=[OH+])C=C(C)O.CC(=[OH+])C=C(C)O.CC(=[OH+])C=C(C)O.CC(=[OH+])C=C(C)O.CC(=[OH+])C=C(C)O.CN1C(=O)CN=C(c2[c-]cccc2)c2cc(C(F)(F)F)ccc21.CN1C(=O)CN=C(c2[c-]cccc2)c2cc(Cl)ccc21.COc1c[c-]c(C2=NCCc3ccccc32)cc1.COc1ccc2c(c1)C(c1[c-]cccc1)=NCC(=O)N2C.Cn1c(=O)nc(-c2[c-]cccc2)c2ccccc21.[Ir].[Ir].[Ir].[Ir].[Ir]. The van der Waals surface area contributed by atoms with Crippen LogP contribution in [0.1, 0.15) is 125 Å². The third-order valence-electron chi connectivity index (χ3n) is 18.7. The van der Waals surface area contributed by atoms with Crippen molar-refractivity contribution in [3.05, 3.63) is 379 Å². The summed E-state index contributed by atoms with van der Waals surface area (Å²) in [6.45, 7) is 16.0. The molecule has 1 aromatic heterocycles. The molecule has 10 aromatic carbocycles. The van der Waals surface area contributed by atoms with Crippen molar-refractivity contribution in [3.8, 4) is 22.8 Å². The molecule has 10 N–H and O–H groups in total. The number of rotatable bonds is 12. The molecule has 0 saturated carbocycles. The largest absolute Gasteiger partial charge is 0.540 e. The number of ether oxygens (including phenoxy) is 2. The van der Waals surface area contributed by atoms with Crippen molar-refractivity contribution in [2.45, 2.75) is 81.8 Å². The molecule has 34 heteroatoms. The molecule has 0 aliphatic carbocycles. The summed E-state index contributed by atoms with van der Waals surface area (Å²) in [5, 5.41) is 43.6. The van der Waals surface area contributed by atoms with Crippen LogP contribution < -0.4 is 29.9 Å². The third kappa shape index (κ3) is 41.1. The van der Waals surface area contributed by atoms with Crippen LogP contribution in [0.3, 0.4) is 0 Å². The molecule has 747 valence electrons. The second-order valence-corrected chi connectivity index (χ2v) is 30.4. The van der Waals surface area contributed by atoms with Gasteiger partial charge in [0.2, 0.25) is 17.7 Å². The van der Waals surface area contributed by atoms with E-state index in [9.17, 15) is 32.3 Å². The number of amides is 3. The maximum atomic E-state index is 13.0. The molecule has 3 amide bonds. The van der Waals surface area contributed by atoms with Crippen LogP contribution >= 0.6 is 11.6 Å².